The lowest BCUT2D eigenvalue weighted by molar-refractivity contribution is -0.136. The fourth-order valence-corrected chi connectivity index (χ4v) is 3.12. The van der Waals surface area contributed by atoms with Gasteiger partial charge in [0.15, 0.2) is 5.43 Å². The summed E-state index contributed by atoms with van der Waals surface area (Å²) in [5.74, 6) is -0.687. The monoisotopic (exact) mass is 301 g/mol. The first kappa shape index (κ1) is 16.3. The molecule has 0 aliphatic rings. The Morgan fingerprint density at radius 1 is 1.23 bits per heavy atom. The van der Waals surface area contributed by atoms with Gasteiger partial charge in [0.1, 0.15) is 0 Å². The number of para-hydroxylation sites is 1. The van der Waals surface area contributed by atoms with E-state index in [1.54, 1.807) is 6.07 Å². The highest BCUT2D eigenvalue weighted by atomic mass is 16.4. The molecule has 0 spiro atoms. The van der Waals surface area contributed by atoms with Gasteiger partial charge in [0.25, 0.3) is 0 Å². The molecule has 0 unspecified atom stereocenters. The van der Waals surface area contributed by atoms with Gasteiger partial charge in [-0.2, -0.15) is 0 Å². The lowest BCUT2D eigenvalue weighted by Crippen LogP contribution is -2.23. The molecule has 1 aromatic heterocycles. The third kappa shape index (κ3) is 2.65. The topological polar surface area (TPSA) is 59.3 Å². The molecule has 2 aromatic rings. The summed E-state index contributed by atoms with van der Waals surface area (Å²) in [6.07, 6.45) is -0.237. The van der Waals surface area contributed by atoms with Crippen molar-refractivity contribution in [1.82, 2.24) is 4.57 Å². The van der Waals surface area contributed by atoms with Gasteiger partial charge < -0.3 is 9.67 Å². The number of carboxylic acid groups (broad SMARTS) is 1. The van der Waals surface area contributed by atoms with Gasteiger partial charge in [-0.3, -0.25) is 9.59 Å². The first-order chi connectivity index (χ1) is 10.3. The molecule has 0 saturated heterocycles. The van der Waals surface area contributed by atoms with Crippen molar-refractivity contribution < 1.29 is 9.90 Å². The highest BCUT2D eigenvalue weighted by Gasteiger charge is 2.20. The van der Waals surface area contributed by atoms with E-state index in [4.69, 9.17) is 5.11 Å². The lowest BCUT2D eigenvalue weighted by atomic mass is 9.96. The zero-order valence-corrected chi connectivity index (χ0v) is 13.8. The van der Waals surface area contributed by atoms with E-state index in [0.29, 0.717) is 10.9 Å². The van der Waals surface area contributed by atoms with Gasteiger partial charge in [-0.1, -0.05) is 26.0 Å². The van der Waals surface area contributed by atoms with E-state index in [1.807, 2.05) is 19.1 Å². The van der Waals surface area contributed by atoms with Crippen LogP contribution in [0.4, 0.5) is 0 Å². The second-order valence-corrected chi connectivity index (χ2v) is 6.33. The molecule has 0 atom stereocenters. The molecule has 22 heavy (non-hydrogen) atoms. The number of hydrogen-bond acceptors (Lipinski definition) is 2. The van der Waals surface area contributed by atoms with Crippen molar-refractivity contribution in [3.63, 3.8) is 0 Å². The quantitative estimate of drug-likeness (QED) is 0.938. The number of hydrogen-bond donors (Lipinski definition) is 1. The van der Waals surface area contributed by atoms with Crippen LogP contribution >= 0.6 is 0 Å². The van der Waals surface area contributed by atoms with E-state index in [0.717, 1.165) is 16.8 Å². The Kier molecular flexibility index (Phi) is 4.40. The molecule has 0 fully saturated rings. The molecular weight excluding hydrogens is 278 g/mol. The Balaban J connectivity index is 3.01. The third-order valence-electron chi connectivity index (χ3n) is 4.09. The van der Waals surface area contributed by atoms with Crippen molar-refractivity contribution in [2.24, 2.45) is 0 Å². The molecule has 0 aliphatic heterocycles. The Morgan fingerprint density at radius 2 is 1.86 bits per heavy atom. The molecule has 4 nitrogen and oxygen atoms in total. The second kappa shape index (κ2) is 5.95. The van der Waals surface area contributed by atoms with E-state index < -0.39 is 5.97 Å². The number of nitrogens with zero attached hydrogens (tertiary/aromatic N) is 1. The normalized spacial score (nSPS) is 11.6. The van der Waals surface area contributed by atoms with Crippen molar-refractivity contribution in [3.05, 3.63) is 45.2 Å². The number of carboxylic acids is 1. The molecule has 0 amide bonds. The van der Waals surface area contributed by atoms with Gasteiger partial charge in [-0.15, -0.1) is 0 Å². The number of aromatic nitrogens is 1. The molecule has 0 saturated carbocycles. The maximum Gasteiger partial charge on any atom is 0.308 e. The summed E-state index contributed by atoms with van der Waals surface area (Å²) in [7, 11) is 0. The Labute approximate surface area is 130 Å². The number of carbonyl (C=O) groups is 1. The summed E-state index contributed by atoms with van der Waals surface area (Å²) in [5, 5.41) is 9.72. The summed E-state index contributed by atoms with van der Waals surface area (Å²) >= 11 is 0. The van der Waals surface area contributed by atoms with Crippen LogP contribution in [0.25, 0.3) is 10.9 Å². The van der Waals surface area contributed by atoms with Crippen molar-refractivity contribution >= 4 is 16.9 Å². The minimum atomic E-state index is -0.977. The van der Waals surface area contributed by atoms with E-state index in [-0.39, 0.29) is 23.8 Å². The third-order valence-corrected chi connectivity index (χ3v) is 4.09. The molecule has 1 heterocycles. The summed E-state index contributed by atoms with van der Waals surface area (Å²) < 4.78 is 2.10. The van der Waals surface area contributed by atoms with Crippen LogP contribution in [0.15, 0.2) is 23.0 Å². The standard InChI is InChI=1S/C18H23NO3/c1-10(2)13-7-6-8-14-17(13)19(11(3)4)12(5)15(18(14)22)9-16(20)21/h6-8,10-11H,9H2,1-5H3,(H,20,21). The minimum absolute atomic E-state index is 0.149. The maximum absolute atomic E-state index is 12.8. The molecule has 0 bridgehead atoms. The Morgan fingerprint density at radius 3 is 2.36 bits per heavy atom. The fourth-order valence-electron chi connectivity index (χ4n) is 3.12. The highest BCUT2D eigenvalue weighted by Crippen LogP contribution is 2.28. The van der Waals surface area contributed by atoms with Crippen LogP contribution in [0.2, 0.25) is 0 Å². The van der Waals surface area contributed by atoms with E-state index in [9.17, 15) is 9.59 Å². The number of rotatable bonds is 4. The molecular formula is C18H23NO3. The highest BCUT2D eigenvalue weighted by molar-refractivity contribution is 5.85. The zero-order valence-electron chi connectivity index (χ0n) is 13.8. The summed E-state index contributed by atoms with van der Waals surface area (Å²) in [6.45, 7) is 10.2. The van der Waals surface area contributed by atoms with Crippen LogP contribution < -0.4 is 5.43 Å². The number of aliphatic carboxylic acids is 1. The summed E-state index contributed by atoms with van der Waals surface area (Å²) in [4.78, 5) is 23.9. The largest absolute Gasteiger partial charge is 0.481 e. The molecule has 0 radical (unpaired) electrons. The van der Waals surface area contributed by atoms with Crippen molar-refractivity contribution in [3.8, 4) is 0 Å². The van der Waals surface area contributed by atoms with Crippen LogP contribution in [0.5, 0.6) is 0 Å². The van der Waals surface area contributed by atoms with Gasteiger partial charge in [-0.25, -0.2) is 0 Å². The first-order valence-electron chi connectivity index (χ1n) is 7.64. The minimum Gasteiger partial charge on any atom is -0.481 e. The molecule has 2 rings (SSSR count). The van der Waals surface area contributed by atoms with Gasteiger partial charge in [0.2, 0.25) is 0 Å². The average Bonchev–Trinajstić information content (AvgIpc) is 2.42. The van der Waals surface area contributed by atoms with Gasteiger partial charge in [0, 0.05) is 22.7 Å². The molecule has 0 aliphatic carbocycles. The predicted octanol–water partition coefficient (Wildman–Crippen LogP) is 3.64. The first-order valence-corrected chi connectivity index (χ1v) is 7.64. The number of pyridine rings is 1. The molecule has 1 aromatic carbocycles. The molecule has 1 N–H and O–H groups in total. The molecule has 4 heteroatoms. The Bertz CT molecular complexity index is 785. The van der Waals surface area contributed by atoms with Gasteiger partial charge in [-0.05, 0) is 38.3 Å². The average molecular weight is 301 g/mol. The maximum atomic E-state index is 12.8. The van der Waals surface area contributed by atoms with Crippen molar-refractivity contribution in [2.45, 2.75) is 53.0 Å². The SMILES string of the molecule is Cc1c(CC(=O)O)c(=O)c2cccc(C(C)C)c2n1C(C)C. The lowest BCUT2D eigenvalue weighted by Gasteiger charge is -2.24. The van der Waals surface area contributed by atoms with E-state index in [2.05, 4.69) is 32.3 Å². The smallest absolute Gasteiger partial charge is 0.308 e. The summed E-state index contributed by atoms with van der Waals surface area (Å²) in [6, 6.07) is 5.87. The Hall–Kier alpha value is -2.10. The van der Waals surface area contributed by atoms with E-state index >= 15 is 0 Å². The molecule has 118 valence electrons. The van der Waals surface area contributed by atoms with Gasteiger partial charge in [0.05, 0.1) is 11.9 Å². The fraction of sp³-hybridized carbons (Fsp3) is 0.444. The van der Waals surface area contributed by atoms with Crippen LogP contribution in [-0.4, -0.2) is 15.6 Å². The van der Waals surface area contributed by atoms with Crippen molar-refractivity contribution in [1.29, 1.82) is 0 Å². The van der Waals surface area contributed by atoms with Crippen LogP contribution in [0.3, 0.4) is 0 Å². The summed E-state index contributed by atoms with van der Waals surface area (Å²) in [5.41, 5.74) is 3.03. The van der Waals surface area contributed by atoms with Crippen molar-refractivity contribution in [2.75, 3.05) is 0 Å². The van der Waals surface area contributed by atoms with E-state index in [1.165, 1.54) is 0 Å². The second-order valence-electron chi connectivity index (χ2n) is 6.33. The number of benzene rings is 1. The van der Waals surface area contributed by atoms with Crippen LogP contribution in [-0.2, 0) is 11.2 Å². The van der Waals surface area contributed by atoms with Crippen LogP contribution in [0, 0.1) is 6.92 Å². The van der Waals surface area contributed by atoms with Crippen LogP contribution in [0.1, 0.15) is 56.5 Å². The number of fused-ring (bicyclic) bond motifs is 1. The zero-order chi connectivity index (χ0) is 16.6. The van der Waals surface area contributed by atoms with Gasteiger partial charge >= 0.3 is 5.97 Å². The predicted molar refractivity (Wildman–Crippen MR) is 88.8 cm³/mol.